The predicted octanol–water partition coefficient (Wildman–Crippen LogP) is 8.51. The molecular weight excluding hydrogens is 312 g/mol. The maximum Gasteiger partial charge on any atom is -0.0203 e. The Morgan fingerprint density at radius 3 is 2.35 bits per heavy atom. The first-order valence-electron chi connectivity index (χ1n) is 11.6. The van der Waals surface area contributed by atoms with Crippen molar-refractivity contribution in [2.24, 2.45) is 11.8 Å². The molecule has 0 aromatic heterocycles. The van der Waals surface area contributed by atoms with Crippen LogP contribution in [-0.4, -0.2) is 0 Å². The van der Waals surface area contributed by atoms with Crippen molar-refractivity contribution in [1.82, 2.24) is 0 Å². The molecular formula is C26H42. The van der Waals surface area contributed by atoms with Crippen molar-refractivity contribution in [3.05, 3.63) is 47.5 Å². The lowest BCUT2D eigenvalue weighted by Gasteiger charge is -2.27. The van der Waals surface area contributed by atoms with E-state index in [1.165, 1.54) is 95.5 Å². The summed E-state index contributed by atoms with van der Waals surface area (Å²) in [6, 6.07) is 11.0. The number of allylic oxidation sites excluding steroid dienone is 2. The van der Waals surface area contributed by atoms with Gasteiger partial charge in [-0.2, -0.15) is 0 Å². The van der Waals surface area contributed by atoms with Crippen LogP contribution in [0.1, 0.15) is 103 Å². The van der Waals surface area contributed by atoms with E-state index in [0.717, 1.165) is 11.8 Å². The van der Waals surface area contributed by atoms with Gasteiger partial charge < -0.3 is 0 Å². The number of rotatable bonds is 13. The molecule has 0 heteroatoms. The standard InChI is InChI=1S/C26H42/c1-3-5-7-9-15-24-19-21-26(22-20-24)25(17-6-4-2)18-12-16-23-13-10-8-11-14-23/h8,10-11,13-14,21,24-25H,3-7,9,12,15-20,22H2,1-2H3. The Labute approximate surface area is 163 Å². The summed E-state index contributed by atoms with van der Waals surface area (Å²) in [6.07, 6.45) is 22.2. The minimum atomic E-state index is 0.861. The molecule has 0 saturated carbocycles. The van der Waals surface area contributed by atoms with Gasteiger partial charge in [-0.25, -0.2) is 0 Å². The largest absolute Gasteiger partial charge is 0.0848 e. The van der Waals surface area contributed by atoms with Crippen LogP contribution in [0.15, 0.2) is 42.0 Å². The fourth-order valence-electron chi connectivity index (χ4n) is 4.56. The molecule has 1 aromatic rings. The molecule has 0 amide bonds. The Balaban J connectivity index is 1.77. The van der Waals surface area contributed by atoms with E-state index >= 15 is 0 Å². The van der Waals surface area contributed by atoms with Gasteiger partial charge in [0.1, 0.15) is 0 Å². The zero-order chi connectivity index (χ0) is 18.5. The number of unbranched alkanes of at least 4 members (excludes halogenated alkanes) is 4. The Bertz CT molecular complexity index is 484. The second kappa shape index (κ2) is 13.2. The minimum absolute atomic E-state index is 0.861. The summed E-state index contributed by atoms with van der Waals surface area (Å²) in [4.78, 5) is 0. The number of aryl methyl sites for hydroxylation is 1. The summed E-state index contributed by atoms with van der Waals surface area (Å²) in [5.74, 6) is 1.84. The van der Waals surface area contributed by atoms with E-state index in [9.17, 15) is 0 Å². The van der Waals surface area contributed by atoms with Crippen LogP contribution in [0.25, 0.3) is 0 Å². The Hall–Kier alpha value is -1.04. The summed E-state index contributed by atoms with van der Waals surface area (Å²) in [5, 5.41) is 0. The highest BCUT2D eigenvalue weighted by atomic mass is 14.3. The summed E-state index contributed by atoms with van der Waals surface area (Å²) >= 11 is 0. The van der Waals surface area contributed by atoms with Crippen LogP contribution in [0.4, 0.5) is 0 Å². The quantitative estimate of drug-likeness (QED) is 0.246. The summed E-state index contributed by atoms with van der Waals surface area (Å²) in [5.41, 5.74) is 3.32. The van der Waals surface area contributed by atoms with Crippen molar-refractivity contribution < 1.29 is 0 Å². The van der Waals surface area contributed by atoms with Crippen molar-refractivity contribution >= 4 is 0 Å². The molecule has 0 radical (unpaired) electrons. The molecule has 2 unspecified atom stereocenters. The maximum absolute atomic E-state index is 2.66. The van der Waals surface area contributed by atoms with Gasteiger partial charge in [0.15, 0.2) is 0 Å². The van der Waals surface area contributed by atoms with Gasteiger partial charge in [-0.3, -0.25) is 0 Å². The summed E-state index contributed by atoms with van der Waals surface area (Å²) < 4.78 is 0. The predicted molar refractivity (Wildman–Crippen MR) is 117 cm³/mol. The molecule has 1 aliphatic rings. The SMILES string of the molecule is CCCCCCC1CC=C(C(CCCC)CCCc2ccccc2)CC1. The van der Waals surface area contributed by atoms with Gasteiger partial charge in [-0.15, -0.1) is 0 Å². The van der Waals surface area contributed by atoms with Crippen LogP contribution >= 0.6 is 0 Å². The lowest BCUT2D eigenvalue weighted by molar-refractivity contribution is 0.382. The van der Waals surface area contributed by atoms with Crippen molar-refractivity contribution in [2.75, 3.05) is 0 Å². The minimum Gasteiger partial charge on any atom is -0.0848 e. The van der Waals surface area contributed by atoms with Crippen molar-refractivity contribution in [2.45, 2.75) is 104 Å². The van der Waals surface area contributed by atoms with Gasteiger partial charge in [0, 0.05) is 0 Å². The molecule has 2 atom stereocenters. The van der Waals surface area contributed by atoms with Crippen LogP contribution in [-0.2, 0) is 6.42 Å². The zero-order valence-electron chi connectivity index (χ0n) is 17.5. The third-order valence-electron chi connectivity index (χ3n) is 6.31. The van der Waals surface area contributed by atoms with E-state index in [2.05, 4.69) is 50.3 Å². The number of benzene rings is 1. The first-order valence-corrected chi connectivity index (χ1v) is 11.6. The lowest BCUT2D eigenvalue weighted by atomic mass is 9.78. The molecule has 0 bridgehead atoms. The summed E-state index contributed by atoms with van der Waals surface area (Å²) in [6.45, 7) is 4.65. The highest BCUT2D eigenvalue weighted by Crippen LogP contribution is 2.35. The van der Waals surface area contributed by atoms with Crippen molar-refractivity contribution in [3.8, 4) is 0 Å². The Kier molecular flexibility index (Phi) is 10.8. The van der Waals surface area contributed by atoms with Crippen molar-refractivity contribution in [3.63, 3.8) is 0 Å². The van der Waals surface area contributed by atoms with Gasteiger partial charge >= 0.3 is 0 Å². The van der Waals surface area contributed by atoms with E-state index in [1.54, 1.807) is 0 Å². The maximum atomic E-state index is 2.66. The molecule has 0 heterocycles. The van der Waals surface area contributed by atoms with Gasteiger partial charge in [0.2, 0.25) is 0 Å². The normalized spacial score (nSPS) is 18.5. The summed E-state index contributed by atoms with van der Waals surface area (Å²) in [7, 11) is 0. The Morgan fingerprint density at radius 2 is 1.65 bits per heavy atom. The molecule has 0 N–H and O–H groups in total. The molecule has 1 aliphatic carbocycles. The highest BCUT2D eigenvalue weighted by Gasteiger charge is 2.20. The van der Waals surface area contributed by atoms with E-state index in [0.29, 0.717) is 0 Å². The van der Waals surface area contributed by atoms with Crippen LogP contribution < -0.4 is 0 Å². The fourth-order valence-corrected chi connectivity index (χ4v) is 4.56. The third-order valence-corrected chi connectivity index (χ3v) is 6.31. The van der Waals surface area contributed by atoms with Gasteiger partial charge in [0.05, 0.1) is 0 Å². The highest BCUT2D eigenvalue weighted by molar-refractivity contribution is 5.15. The van der Waals surface area contributed by atoms with E-state index in [-0.39, 0.29) is 0 Å². The molecule has 0 spiro atoms. The first-order chi connectivity index (χ1) is 12.8. The third kappa shape index (κ3) is 8.11. The van der Waals surface area contributed by atoms with Crippen LogP contribution in [0, 0.1) is 11.8 Å². The second-order valence-corrected chi connectivity index (χ2v) is 8.49. The van der Waals surface area contributed by atoms with Crippen LogP contribution in [0.2, 0.25) is 0 Å². The van der Waals surface area contributed by atoms with E-state index in [4.69, 9.17) is 0 Å². The average molecular weight is 355 g/mol. The van der Waals surface area contributed by atoms with Gasteiger partial charge in [-0.1, -0.05) is 101 Å². The molecule has 0 aliphatic heterocycles. The fraction of sp³-hybridized carbons (Fsp3) is 0.692. The van der Waals surface area contributed by atoms with Crippen LogP contribution in [0.5, 0.6) is 0 Å². The molecule has 0 saturated heterocycles. The smallest absolute Gasteiger partial charge is 0.0203 e. The monoisotopic (exact) mass is 354 g/mol. The van der Waals surface area contributed by atoms with Crippen molar-refractivity contribution in [1.29, 1.82) is 0 Å². The molecule has 0 fully saturated rings. The average Bonchev–Trinajstić information content (AvgIpc) is 2.69. The first kappa shape index (κ1) is 21.3. The van der Waals surface area contributed by atoms with Gasteiger partial charge in [0.25, 0.3) is 0 Å². The Morgan fingerprint density at radius 1 is 0.885 bits per heavy atom. The lowest BCUT2D eigenvalue weighted by Crippen LogP contribution is -2.13. The second-order valence-electron chi connectivity index (χ2n) is 8.49. The number of hydrogen-bond donors (Lipinski definition) is 0. The zero-order valence-corrected chi connectivity index (χ0v) is 17.5. The van der Waals surface area contributed by atoms with E-state index < -0.39 is 0 Å². The van der Waals surface area contributed by atoms with Crippen LogP contribution in [0.3, 0.4) is 0 Å². The molecule has 146 valence electrons. The molecule has 26 heavy (non-hydrogen) atoms. The topological polar surface area (TPSA) is 0 Å². The van der Waals surface area contributed by atoms with Gasteiger partial charge in [-0.05, 0) is 62.3 Å². The number of hydrogen-bond acceptors (Lipinski definition) is 0. The molecule has 1 aromatic carbocycles. The molecule has 2 rings (SSSR count). The van der Waals surface area contributed by atoms with E-state index in [1.807, 2.05) is 5.57 Å². The molecule has 0 nitrogen and oxygen atoms in total.